The van der Waals surface area contributed by atoms with Crippen LogP contribution in [0.25, 0.3) is 6.08 Å². The fraction of sp³-hybridized carbons (Fsp3) is 0.364. The number of carbonyl (C=O) groups excluding carboxylic acids is 1. The molecule has 222 valence electrons. The Bertz CT molecular complexity index is 1530. The number of amides is 1. The van der Waals surface area contributed by atoms with Crippen molar-refractivity contribution in [2.75, 3.05) is 42.7 Å². The van der Waals surface area contributed by atoms with Gasteiger partial charge in [0.15, 0.2) is 23.0 Å². The van der Waals surface area contributed by atoms with Gasteiger partial charge in [-0.1, -0.05) is 30.3 Å². The Morgan fingerprint density at radius 2 is 1.43 bits per heavy atom. The summed E-state index contributed by atoms with van der Waals surface area (Å²) in [4.78, 5) is 16.1. The number of benzene rings is 3. The number of methoxy groups -OCH3 is 6. The normalized spacial score (nSPS) is 18.4. The summed E-state index contributed by atoms with van der Waals surface area (Å²) in [5, 5.41) is 3.60. The Labute approximate surface area is 246 Å². The lowest BCUT2D eigenvalue weighted by Gasteiger charge is -2.45. The van der Waals surface area contributed by atoms with Crippen molar-refractivity contribution in [3.05, 3.63) is 75.5 Å². The molecule has 2 bridgehead atoms. The van der Waals surface area contributed by atoms with Crippen LogP contribution in [0.5, 0.6) is 34.5 Å². The van der Waals surface area contributed by atoms with Gasteiger partial charge in [0.25, 0.3) is 0 Å². The molecule has 0 radical (unpaired) electrons. The van der Waals surface area contributed by atoms with Crippen molar-refractivity contribution in [3.63, 3.8) is 0 Å². The smallest absolute Gasteiger partial charge is 0.244 e. The standard InChI is InChI=1S/C33H38N2O7/c1-18-28(38-4)21(15-25(37-3)30(18)40-6)14-24-27-26-22(29(39-5)19(2)31(41-7)32(26)42-8)16-23(34-27)33(36)35(24)17-20-12-10-9-11-13-20/h9-15,23,27,34H,16-17H2,1-8H3/t23?,27-/m0/s1. The molecule has 2 aliphatic heterocycles. The van der Waals surface area contributed by atoms with E-state index in [1.165, 1.54) is 0 Å². The highest BCUT2D eigenvalue weighted by Gasteiger charge is 2.46. The number of rotatable bonds is 9. The Hall–Kier alpha value is -4.37. The lowest BCUT2D eigenvalue weighted by molar-refractivity contribution is -0.135. The van der Waals surface area contributed by atoms with Gasteiger partial charge in [0, 0.05) is 39.9 Å². The third-order valence-electron chi connectivity index (χ3n) is 8.15. The SMILES string of the molecule is COc1cc(C=C2[C@@H]3NC(Cc4c(OC)c(C)c(OC)c(OC)c43)C(=O)N2Cc2ccccc2)c(OC)c(C)c1OC. The average Bonchev–Trinajstić information content (AvgIpc) is 3.01. The van der Waals surface area contributed by atoms with Crippen LogP contribution in [0.1, 0.15) is 39.4 Å². The van der Waals surface area contributed by atoms with Crippen molar-refractivity contribution in [2.45, 2.75) is 38.9 Å². The molecule has 9 nitrogen and oxygen atoms in total. The second kappa shape index (κ2) is 11.9. The molecule has 5 rings (SSSR count). The molecule has 1 unspecified atom stereocenters. The second-order valence-corrected chi connectivity index (χ2v) is 10.3. The molecule has 0 saturated carbocycles. The van der Waals surface area contributed by atoms with Gasteiger partial charge >= 0.3 is 0 Å². The van der Waals surface area contributed by atoms with Crippen LogP contribution in [-0.4, -0.2) is 59.5 Å². The van der Waals surface area contributed by atoms with Crippen LogP contribution in [0.2, 0.25) is 0 Å². The third kappa shape index (κ3) is 4.67. The van der Waals surface area contributed by atoms with Gasteiger partial charge in [-0.2, -0.15) is 0 Å². The van der Waals surface area contributed by atoms with Crippen molar-refractivity contribution in [2.24, 2.45) is 0 Å². The van der Waals surface area contributed by atoms with Gasteiger partial charge in [-0.15, -0.1) is 0 Å². The van der Waals surface area contributed by atoms with Gasteiger partial charge in [0.1, 0.15) is 11.5 Å². The van der Waals surface area contributed by atoms with Crippen molar-refractivity contribution in [1.82, 2.24) is 10.2 Å². The number of ether oxygens (including phenoxy) is 6. The fourth-order valence-corrected chi connectivity index (χ4v) is 6.34. The average molecular weight is 575 g/mol. The fourth-order valence-electron chi connectivity index (χ4n) is 6.34. The quantitative estimate of drug-likeness (QED) is 0.383. The highest BCUT2D eigenvalue weighted by molar-refractivity contribution is 5.89. The topological polar surface area (TPSA) is 87.7 Å². The predicted molar refractivity (Wildman–Crippen MR) is 160 cm³/mol. The Kier molecular flexibility index (Phi) is 8.22. The van der Waals surface area contributed by atoms with E-state index in [4.69, 9.17) is 28.4 Å². The molecule has 1 amide bonds. The minimum atomic E-state index is -0.455. The molecule has 2 atom stereocenters. The van der Waals surface area contributed by atoms with Crippen LogP contribution in [-0.2, 0) is 17.8 Å². The van der Waals surface area contributed by atoms with Crippen LogP contribution in [0, 0.1) is 13.8 Å². The van der Waals surface area contributed by atoms with Crippen molar-refractivity contribution >= 4 is 12.0 Å². The van der Waals surface area contributed by atoms with E-state index >= 15 is 0 Å². The summed E-state index contributed by atoms with van der Waals surface area (Å²) >= 11 is 0. The Balaban J connectivity index is 1.81. The molecule has 2 heterocycles. The predicted octanol–water partition coefficient (Wildman–Crippen LogP) is 4.99. The molecule has 0 aliphatic carbocycles. The molecule has 3 aromatic rings. The van der Waals surface area contributed by atoms with Gasteiger partial charge in [-0.05, 0) is 31.6 Å². The summed E-state index contributed by atoms with van der Waals surface area (Å²) in [5.74, 6) is 3.64. The molecule has 9 heteroatoms. The van der Waals surface area contributed by atoms with E-state index in [1.807, 2.05) is 61.2 Å². The summed E-state index contributed by atoms with van der Waals surface area (Å²) in [7, 11) is 9.72. The maximum atomic E-state index is 14.2. The summed E-state index contributed by atoms with van der Waals surface area (Å²) < 4.78 is 34.9. The van der Waals surface area contributed by atoms with Crippen LogP contribution < -0.4 is 33.7 Å². The van der Waals surface area contributed by atoms with Crippen LogP contribution >= 0.6 is 0 Å². The maximum Gasteiger partial charge on any atom is 0.244 e. The molecule has 1 fully saturated rings. The first kappa shape index (κ1) is 29.1. The molecule has 1 saturated heterocycles. The number of hydrogen-bond donors (Lipinski definition) is 1. The zero-order valence-electron chi connectivity index (χ0n) is 25.4. The molecular weight excluding hydrogens is 536 g/mol. The second-order valence-electron chi connectivity index (χ2n) is 10.3. The van der Waals surface area contributed by atoms with Gasteiger partial charge in [0.05, 0.1) is 61.3 Å². The van der Waals surface area contributed by atoms with Crippen molar-refractivity contribution in [1.29, 1.82) is 0 Å². The molecular formula is C33H38N2O7. The highest BCUT2D eigenvalue weighted by Crippen LogP contribution is 2.52. The minimum absolute atomic E-state index is 0.0299. The molecule has 0 aromatic heterocycles. The monoisotopic (exact) mass is 574 g/mol. The van der Waals surface area contributed by atoms with Crippen LogP contribution in [0.3, 0.4) is 0 Å². The van der Waals surface area contributed by atoms with Gasteiger partial charge in [-0.3, -0.25) is 10.1 Å². The maximum absolute atomic E-state index is 14.2. The number of piperazine rings is 1. The molecule has 1 N–H and O–H groups in total. The summed E-state index contributed by atoms with van der Waals surface area (Å²) in [5.41, 5.74) is 5.90. The number of hydrogen-bond acceptors (Lipinski definition) is 8. The summed E-state index contributed by atoms with van der Waals surface area (Å²) in [6.45, 7) is 4.25. The van der Waals surface area contributed by atoms with E-state index in [0.29, 0.717) is 47.5 Å². The molecule has 2 aliphatic rings. The number of carbonyl (C=O) groups is 1. The van der Waals surface area contributed by atoms with E-state index < -0.39 is 12.1 Å². The number of nitrogens with one attached hydrogen (secondary N) is 1. The largest absolute Gasteiger partial charge is 0.496 e. The van der Waals surface area contributed by atoms with Crippen molar-refractivity contribution in [3.8, 4) is 34.5 Å². The van der Waals surface area contributed by atoms with Crippen LogP contribution in [0.4, 0.5) is 0 Å². The van der Waals surface area contributed by atoms with Gasteiger partial charge < -0.3 is 33.3 Å². The van der Waals surface area contributed by atoms with E-state index in [-0.39, 0.29) is 5.91 Å². The van der Waals surface area contributed by atoms with Crippen LogP contribution in [0.15, 0.2) is 42.1 Å². The minimum Gasteiger partial charge on any atom is -0.496 e. The van der Waals surface area contributed by atoms with Crippen molar-refractivity contribution < 1.29 is 33.2 Å². The zero-order valence-corrected chi connectivity index (χ0v) is 25.4. The van der Waals surface area contributed by atoms with E-state index in [1.54, 1.807) is 42.7 Å². The van der Waals surface area contributed by atoms with Gasteiger partial charge in [0.2, 0.25) is 5.91 Å². The lowest BCUT2D eigenvalue weighted by Crippen LogP contribution is -2.57. The first-order valence-corrected chi connectivity index (χ1v) is 13.8. The molecule has 0 spiro atoms. The van der Waals surface area contributed by atoms with E-state index in [9.17, 15) is 4.79 Å². The lowest BCUT2D eigenvalue weighted by atomic mass is 9.81. The molecule has 42 heavy (non-hydrogen) atoms. The summed E-state index contributed by atoms with van der Waals surface area (Å²) in [6.07, 6.45) is 2.43. The Morgan fingerprint density at radius 1 is 0.810 bits per heavy atom. The first-order valence-electron chi connectivity index (χ1n) is 13.8. The third-order valence-corrected chi connectivity index (χ3v) is 8.15. The molecule has 3 aromatic carbocycles. The Morgan fingerprint density at radius 3 is 2.02 bits per heavy atom. The zero-order chi connectivity index (χ0) is 30.1. The highest BCUT2D eigenvalue weighted by atomic mass is 16.5. The first-order chi connectivity index (χ1) is 20.3. The summed E-state index contributed by atoms with van der Waals surface area (Å²) in [6, 6.07) is 11.0. The van der Waals surface area contributed by atoms with E-state index in [0.717, 1.165) is 39.1 Å². The number of fused-ring (bicyclic) bond motifs is 4. The number of nitrogens with zero attached hydrogens (tertiary/aromatic N) is 1. The van der Waals surface area contributed by atoms with Gasteiger partial charge in [-0.25, -0.2) is 0 Å². The van der Waals surface area contributed by atoms with E-state index in [2.05, 4.69) is 5.32 Å².